The minimum absolute atomic E-state index is 0.0190. The summed E-state index contributed by atoms with van der Waals surface area (Å²) in [4.78, 5) is 11.8. The summed E-state index contributed by atoms with van der Waals surface area (Å²) in [5.41, 5.74) is 0.692. The van der Waals surface area contributed by atoms with Gasteiger partial charge in [-0.3, -0.25) is 4.79 Å². The Balaban J connectivity index is 1.90. The Morgan fingerprint density at radius 1 is 1.26 bits per heavy atom. The van der Waals surface area contributed by atoms with E-state index in [4.69, 9.17) is 4.74 Å². The van der Waals surface area contributed by atoms with Crippen LogP contribution in [-0.2, 0) is 11.2 Å². The average Bonchev–Trinajstić information content (AvgIpc) is 2.55. The number of benzene rings is 2. The Labute approximate surface area is 132 Å². The number of ether oxygens (including phenoxy) is 1. The molecule has 4 nitrogen and oxygen atoms in total. The van der Waals surface area contributed by atoms with Gasteiger partial charge in [0.15, 0.2) is 0 Å². The summed E-state index contributed by atoms with van der Waals surface area (Å²) in [6.07, 6.45) is -1.14. The third-order valence-corrected chi connectivity index (χ3v) is 3.34. The average molecular weight is 321 g/mol. The number of methoxy groups -OCH3 is 1. The van der Waals surface area contributed by atoms with Gasteiger partial charge in [-0.1, -0.05) is 18.2 Å². The van der Waals surface area contributed by atoms with E-state index in [9.17, 15) is 18.7 Å². The fourth-order valence-electron chi connectivity index (χ4n) is 2.08. The molecule has 23 heavy (non-hydrogen) atoms. The van der Waals surface area contributed by atoms with Crippen LogP contribution in [0.25, 0.3) is 0 Å². The lowest BCUT2D eigenvalue weighted by Crippen LogP contribution is -2.29. The van der Waals surface area contributed by atoms with Crippen molar-refractivity contribution in [2.24, 2.45) is 0 Å². The molecular formula is C17H17F2NO3. The molecule has 0 heterocycles. The maximum atomic E-state index is 13.5. The van der Waals surface area contributed by atoms with Gasteiger partial charge in [0.25, 0.3) is 0 Å². The zero-order chi connectivity index (χ0) is 16.8. The lowest BCUT2D eigenvalue weighted by atomic mass is 10.1. The number of hydrogen-bond donors (Lipinski definition) is 2. The standard InChI is InChI=1S/C17H17F2NO3/c1-23-14-4-2-3-12(7-14)16(21)10-20-17(22)8-11-5-6-13(18)9-15(11)19/h2-7,9,16,21H,8,10H2,1H3,(H,20,22). The molecule has 1 atom stereocenters. The third-order valence-electron chi connectivity index (χ3n) is 3.34. The maximum Gasteiger partial charge on any atom is 0.224 e. The van der Waals surface area contributed by atoms with Crippen LogP contribution in [0.2, 0.25) is 0 Å². The number of carbonyl (C=O) groups excluding carboxylic acids is 1. The predicted molar refractivity (Wildman–Crippen MR) is 81.0 cm³/mol. The van der Waals surface area contributed by atoms with E-state index in [2.05, 4.69) is 5.32 Å². The molecule has 0 bridgehead atoms. The first-order valence-electron chi connectivity index (χ1n) is 7.02. The molecule has 0 aliphatic rings. The lowest BCUT2D eigenvalue weighted by molar-refractivity contribution is -0.120. The van der Waals surface area contributed by atoms with Crippen LogP contribution in [-0.4, -0.2) is 24.7 Å². The fourth-order valence-corrected chi connectivity index (χ4v) is 2.08. The number of rotatable bonds is 6. The van der Waals surface area contributed by atoms with E-state index in [0.29, 0.717) is 11.3 Å². The van der Waals surface area contributed by atoms with Crippen molar-refractivity contribution < 1.29 is 23.4 Å². The van der Waals surface area contributed by atoms with E-state index >= 15 is 0 Å². The van der Waals surface area contributed by atoms with Gasteiger partial charge in [-0.2, -0.15) is 0 Å². The number of aliphatic hydroxyl groups is 1. The molecule has 2 N–H and O–H groups in total. The molecule has 0 radical (unpaired) electrons. The van der Waals surface area contributed by atoms with Gasteiger partial charge in [0.1, 0.15) is 17.4 Å². The monoisotopic (exact) mass is 321 g/mol. The highest BCUT2D eigenvalue weighted by Gasteiger charge is 2.12. The predicted octanol–water partition coefficient (Wildman–Crippen LogP) is 2.37. The third kappa shape index (κ3) is 4.75. The van der Waals surface area contributed by atoms with Crippen molar-refractivity contribution in [1.82, 2.24) is 5.32 Å². The Morgan fingerprint density at radius 3 is 2.74 bits per heavy atom. The molecule has 2 aromatic carbocycles. The van der Waals surface area contributed by atoms with Crippen LogP contribution in [0.15, 0.2) is 42.5 Å². The topological polar surface area (TPSA) is 58.6 Å². The Morgan fingerprint density at radius 2 is 2.04 bits per heavy atom. The van der Waals surface area contributed by atoms with Gasteiger partial charge in [-0.25, -0.2) is 8.78 Å². The summed E-state index contributed by atoms with van der Waals surface area (Å²) in [6, 6.07) is 9.89. The van der Waals surface area contributed by atoms with Gasteiger partial charge in [-0.15, -0.1) is 0 Å². The van der Waals surface area contributed by atoms with Gasteiger partial charge in [0.05, 0.1) is 19.6 Å². The minimum Gasteiger partial charge on any atom is -0.497 e. The van der Waals surface area contributed by atoms with E-state index in [-0.39, 0.29) is 18.5 Å². The summed E-state index contributed by atoms with van der Waals surface area (Å²) in [7, 11) is 1.52. The summed E-state index contributed by atoms with van der Waals surface area (Å²) < 4.78 is 31.3. The van der Waals surface area contributed by atoms with Gasteiger partial charge in [-0.05, 0) is 29.3 Å². The van der Waals surface area contributed by atoms with Crippen LogP contribution in [0.3, 0.4) is 0 Å². The molecule has 0 aromatic heterocycles. The highest BCUT2D eigenvalue weighted by molar-refractivity contribution is 5.78. The van der Waals surface area contributed by atoms with Crippen molar-refractivity contribution in [2.45, 2.75) is 12.5 Å². The van der Waals surface area contributed by atoms with Crippen LogP contribution in [0.5, 0.6) is 5.75 Å². The molecule has 1 amide bonds. The van der Waals surface area contributed by atoms with E-state index in [0.717, 1.165) is 12.1 Å². The van der Waals surface area contributed by atoms with E-state index < -0.39 is 23.6 Å². The van der Waals surface area contributed by atoms with Crippen molar-refractivity contribution in [3.63, 3.8) is 0 Å². The number of carbonyl (C=O) groups is 1. The first-order chi connectivity index (χ1) is 11.0. The van der Waals surface area contributed by atoms with E-state index in [1.807, 2.05) is 0 Å². The summed E-state index contributed by atoms with van der Waals surface area (Å²) in [5.74, 6) is -1.33. The van der Waals surface area contributed by atoms with Gasteiger partial charge < -0.3 is 15.2 Å². The smallest absolute Gasteiger partial charge is 0.224 e. The second kappa shape index (κ2) is 7.69. The molecule has 0 aliphatic heterocycles. The van der Waals surface area contributed by atoms with Crippen molar-refractivity contribution in [1.29, 1.82) is 0 Å². The quantitative estimate of drug-likeness (QED) is 0.859. The van der Waals surface area contributed by atoms with Gasteiger partial charge >= 0.3 is 0 Å². The van der Waals surface area contributed by atoms with Crippen LogP contribution < -0.4 is 10.1 Å². The summed E-state index contributed by atoms with van der Waals surface area (Å²) >= 11 is 0. The molecule has 2 rings (SSSR count). The normalized spacial score (nSPS) is 11.8. The van der Waals surface area contributed by atoms with E-state index in [1.54, 1.807) is 24.3 Å². The molecule has 0 fully saturated rings. The second-order valence-corrected chi connectivity index (χ2v) is 5.01. The van der Waals surface area contributed by atoms with E-state index in [1.165, 1.54) is 13.2 Å². The molecule has 0 saturated carbocycles. The van der Waals surface area contributed by atoms with Crippen LogP contribution >= 0.6 is 0 Å². The molecule has 0 aliphatic carbocycles. The summed E-state index contributed by atoms with van der Waals surface area (Å²) in [6.45, 7) is -0.0190. The second-order valence-electron chi connectivity index (χ2n) is 5.01. The molecule has 122 valence electrons. The highest BCUT2D eigenvalue weighted by Crippen LogP contribution is 2.18. The summed E-state index contributed by atoms with van der Waals surface area (Å²) in [5, 5.41) is 12.6. The first kappa shape index (κ1) is 16.9. The van der Waals surface area contributed by atoms with Crippen molar-refractivity contribution in [2.75, 3.05) is 13.7 Å². The Bertz CT molecular complexity index is 691. The SMILES string of the molecule is COc1cccc(C(O)CNC(=O)Cc2ccc(F)cc2F)c1. The molecular weight excluding hydrogens is 304 g/mol. The van der Waals surface area contributed by atoms with Crippen molar-refractivity contribution in [3.05, 3.63) is 65.2 Å². The largest absolute Gasteiger partial charge is 0.497 e. The zero-order valence-electron chi connectivity index (χ0n) is 12.6. The molecule has 2 aromatic rings. The number of nitrogens with one attached hydrogen (secondary N) is 1. The molecule has 6 heteroatoms. The number of hydrogen-bond acceptors (Lipinski definition) is 3. The zero-order valence-corrected chi connectivity index (χ0v) is 12.6. The number of aliphatic hydroxyl groups excluding tert-OH is 1. The Kier molecular flexibility index (Phi) is 5.65. The van der Waals surface area contributed by atoms with Gasteiger partial charge in [0.2, 0.25) is 5.91 Å². The lowest BCUT2D eigenvalue weighted by Gasteiger charge is -2.13. The van der Waals surface area contributed by atoms with Crippen molar-refractivity contribution >= 4 is 5.91 Å². The number of amides is 1. The Hall–Kier alpha value is -2.47. The molecule has 0 saturated heterocycles. The van der Waals surface area contributed by atoms with Gasteiger partial charge in [0, 0.05) is 12.6 Å². The number of halogens is 2. The maximum absolute atomic E-state index is 13.5. The van der Waals surface area contributed by atoms with Crippen LogP contribution in [0.1, 0.15) is 17.2 Å². The first-order valence-corrected chi connectivity index (χ1v) is 7.02. The van der Waals surface area contributed by atoms with Crippen molar-refractivity contribution in [3.8, 4) is 5.75 Å². The minimum atomic E-state index is -0.910. The highest BCUT2D eigenvalue weighted by atomic mass is 19.1. The molecule has 1 unspecified atom stereocenters. The van der Waals surface area contributed by atoms with Crippen LogP contribution in [0.4, 0.5) is 8.78 Å². The molecule has 0 spiro atoms. The van der Waals surface area contributed by atoms with Crippen LogP contribution in [0, 0.1) is 11.6 Å². The fraction of sp³-hybridized carbons (Fsp3) is 0.235.